The van der Waals surface area contributed by atoms with Crippen molar-refractivity contribution in [1.82, 2.24) is 0 Å². The zero-order chi connectivity index (χ0) is 23.9. The zero-order valence-corrected chi connectivity index (χ0v) is 21.3. The summed E-state index contributed by atoms with van der Waals surface area (Å²) in [5.74, 6) is -0.421. The highest BCUT2D eigenvalue weighted by molar-refractivity contribution is 7.51. The van der Waals surface area contributed by atoms with Crippen molar-refractivity contribution < 1.29 is 29.0 Å². The zero-order valence-electron chi connectivity index (χ0n) is 20.4. The summed E-state index contributed by atoms with van der Waals surface area (Å²) in [4.78, 5) is 29.0. The van der Waals surface area contributed by atoms with E-state index in [0.717, 1.165) is 19.3 Å². The molecule has 0 rings (SSSR count). The van der Waals surface area contributed by atoms with Crippen LogP contribution in [0.1, 0.15) is 122 Å². The first-order chi connectivity index (χ1) is 15.3. The highest BCUT2D eigenvalue weighted by Gasteiger charge is 2.20. The highest BCUT2D eigenvalue weighted by atomic mass is 31.2. The smallest absolute Gasteiger partial charge is 0.328 e. The van der Waals surface area contributed by atoms with Gasteiger partial charge >= 0.3 is 13.6 Å². The van der Waals surface area contributed by atoms with Crippen LogP contribution in [0.4, 0.5) is 0 Å². The molecular weight excluding hydrogens is 427 g/mol. The lowest BCUT2D eigenvalue weighted by Gasteiger charge is -2.12. The lowest BCUT2D eigenvalue weighted by Crippen LogP contribution is -2.22. The van der Waals surface area contributed by atoms with Crippen molar-refractivity contribution in [1.29, 1.82) is 0 Å². The van der Waals surface area contributed by atoms with Crippen molar-refractivity contribution >= 4 is 13.6 Å². The van der Waals surface area contributed by atoms with E-state index in [9.17, 15) is 14.5 Å². The van der Waals surface area contributed by atoms with Crippen LogP contribution in [0.3, 0.4) is 0 Å². The molecule has 0 aliphatic rings. The maximum absolute atomic E-state index is 11.6. The van der Waals surface area contributed by atoms with Crippen LogP contribution >= 0.6 is 7.60 Å². The van der Waals surface area contributed by atoms with Crippen molar-refractivity contribution in [2.24, 2.45) is 0 Å². The summed E-state index contributed by atoms with van der Waals surface area (Å²) in [6.45, 7) is 1.90. The molecule has 3 N–H and O–H groups in total. The van der Waals surface area contributed by atoms with Crippen molar-refractivity contribution in [3.63, 3.8) is 0 Å². The second kappa shape index (κ2) is 22.1. The van der Waals surface area contributed by atoms with Gasteiger partial charge in [0.15, 0.2) is 0 Å². The van der Waals surface area contributed by atoms with Gasteiger partial charge in [-0.25, -0.2) is 0 Å². The number of aliphatic hydroxyl groups excluding tert-OH is 1. The van der Waals surface area contributed by atoms with Gasteiger partial charge < -0.3 is 19.6 Å². The fourth-order valence-electron chi connectivity index (χ4n) is 3.64. The van der Waals surface area contributed by atoms with Gasteiger partial charge in [-0.15, -0.1) is 0 Å². The van der Waals surface area contributed by atoms with Crippen molar-refractivity contribution in [3.05, 3.63) is 12.2 Å². The number of unbranched alkanes of at least 4 members (excludes halogenated alkanes) is 15. The van der Waals surface area contributed by atoms with E-state index in [1.54, 1.807) is 0 Å². The van der Waals surface area contributed by atoms with Crippen molar-refractivity contribution in [2.75, 3.05) is 12.8 Å². The van der Waals surface area contributed by atoms with Crippen LogP contribution in [0.2, 0.25) is 0 Å². The molecule has 0 amide bonds. The van der Waals surface area contributed by atoms with E-state index in [-0.39, 0.29) is 13.0 Å². The third kappa shape index (κ3) is 25.6. The van der Waals surface area contributed by atoms with E-state index in [1.165, 1.54) is 89.9 Å². The summed E-state index contributed by atoms with van der Waals surface area (Å²) in [6, 6.07) is 0. The summed E-state index contributed by atoms with van der Waals surface area (Å²) in [5, 5.41) is 9.40. The molecule has 0 bridgehead atoms. The minimum atomic E-state index is -4.28. The second-order valence-electron chi connectivity index (χ2n) is 8.93. The molecule has 0 saturated carbocycles. The third-order valence-corrected chi connectivity index (χ3v) is 6.43. The monoisotopic (exact) mass is 476 g/mol. The van der Waals surface area contributed by atoms with Gasteiger partial charge in [-0.1, -0.05) is 96.1 Å². The first-order valence-electron chi connectivity index (χ1n) is 12.9. The topological polar surface area (TPSA) is 104 Å². The first kappa shape index (κ1) is 31.3. The van der Waals surface area contributed by atoms with Gasteiger partial charge in [0.2, 0.25) is 0 Å². The lowest BCUT2D eigenvalue weighted by atomic mass is 10.1. The number of carbonyl (C=O) groups excluding carboxylic acids is 1. The molecule has 0 fully saturated rings. The fraction of sp³-hybridized carbons (Fsp3) is 0.880. The quantitative estimate of drug-likeness (QED) is 0.0659. The summed E-state index contributed by atoms with van der Waals surface area (Å²) in [5.41, 5.74) is 0. The van der Waals surface area contributed by atoms with Crippen LogP contribution in [0, 0.1) is 0 Å². The molecule has 6 nitrogen and oxygen atoms in total. The second-order valence-corrected chi connectivity index (χ2v) is 10.6. The average molecular weight is 477 g/mol. The molecule has 0 saturated heterocycles. The lowest BCUT2D eigenvalue weighted by molar-refractivity contribution is -0.146. The predicted octanol–water partition coefficient (Wildman–Crippen LogP) is 6.67. The Labute approximate surface area is 196 Å². The maximum Gasteiger partial charge on any atom is 0.328 e. The molecular formula is C25H49O6P. The summed E-state index contributed by atoms with van der Waals surface area (Å²) in [6.07, 6.45) is 24.1. The van der Waals surface area contributed by atoms with E-state index in [4.69, 9.17) is 14.5 Å². The molecule has 0 aromatic rings. The van der Waals surface area contributed by atoms with Crippen LogP contribution < -0.4 is 0 Å². The van der Waals surface area contributed by atoms with Gasteiger partial charge in [0.05, 0.1) is 12.3 Å². The summed E-state index contributed by atoms with van der Waals surface area (Å²) < 4.78 is 15.6. The molecule has 0 heterocycles. The van der Waals surface area contributed by atoms with Crippen LogP contribution in [-0.2, 0) is 14.1 Å². The Bertz CT molecular complexity index is 503. The van der Waals surface area contributed by atoms with Gasteiger partial charge in [0, 0.05) is 6.42 Å². The Balaban J connectivity index is 3.30. The fourth-order valence-corrected chi connectivity index (χ4v) is 4.29. The molecule has 0 radical (unpaired) electrons. The summed E-state index contributed by atoms with van der Waals surface area (Å²) in [7, 11) is -4.28. The first-order valence-corrected chi connectivity index (χ1v) is 14.7. The normalized spacial score (nSPS) is 13.0. The Morgan fingerprint density at radius 1 is 0.781 bits per heavy atom. The van der Waals surface area contributed by atoms with E-state index in [2.05, 4.69) is 19.1 Å². The van der Waals surface area contributed by atoms with Gasteiger partial charge in [-0.2, -0.15) is 0 Å². The molecule has 1 unspecified atom stereocenters. The number of esters is 1. The van der Waals surface area contributed by atoms with E-state index >= 15 is 0 Å². The average Bonchev–Trinajstić information content (AvgIpc) is 2.72. The number of carbonyl (C=O) groups is 1. The minimum absolute atomic E-state index is 0.287. The minimum Gasteiger partial charge on any atom is -0.463 e. The molecule has 32 heavy (non-hydrogen) atoms. The molecule has 190 valence electrons. The van der Waals surface area contributed by atoms with Crippen LogP contribution in [0.25, 0.3) is 0 Å². The number of ether oxygens (including phenoxy) is 1. The molecule has 0 spiro atoms. The van der Waals surface area contributed by atoms with E-state index in [0.29, 0.717) is 0 Å². The number of hydrogen-bond acceptors (Lipinski definition) is 4. The van der Waals surface area contributed by atoms with Gasteiger partial charge in [-0.05, 0) is 32.1 Å². The number of aliphatic hydroxyl groups is 1. The number of hydrogen-bond donors (Lipinski definition) is 3. The van der Waals surface area contributed by atoms with Crippen LogP contribution in [0.5, 0.6) is 0 Å². The maximum atomic E-state index is 11.6. The Morgan fingerprint density at radius 3 is 1.69 bits per heavy atom. The van der Waals surface area contributed by atoms with E-state index < -0.39 is 25.8 Å². The molecule has 1 atom stereocenters. The van der Waals surface area contributed by atoms with Crippen molar-refractivity contribution in [3.8, 4) is 0 Å². The molecule has 7 heteroatoms. The molecule has 0 aliphatic carbocycles. The Hall–Kier alpha value is -0.680. The Kier molecular flexibility index (Phi) is 21.7. The number of rotatable bonds is 23. The standard InChI is InChI=1S/C25H49O6P/c1-2-3-4-5-6-7-8-9-10-11-12-13-14-15-16-17-18-19-20-21-25(27)31-22-24(26)23-32(28,29)30/h9-10,24,26H,2-8,11-23H2,1H3,(H2,28,29,30)/b10-9-. The van der Waals surface area contributed by atoms with Gasteiger partial charge in [-0.3, -0.25) is 9.36 Å². The molecule has 0 aromatic carbocycles. The van der Waals surface area contributed by atoms with Crippen LogP contribution in [-0.4, -0.2) is 39.7 Å². The van der Waals surface area contributed by atoms with Gasteiger partial charge in [0.25, 0.3) is 0 Å². The SMILES string of the molecule is CCCCCCCC/C=C\CCCCCCCCCCCC(=O)OCC(O)CP(=O)(O)O. The highest BCUT2D eigenvalue weighted by Crippen LogP contribution is 2.34. The summed E-state index contributed by atoms with van der Waals surface area (Å²) >= 11 is 0. The Morgan fingerprint density at radius 2 is 1.22 bits per heavy atom. The van der Waals surface area contributed by atoms with Gasteiger partial charge in [0.1, 0.15) is 6.61 Å². The van der Waals surface area contributed by atoms with E-state index in [1.807, 2.05) is 0 Å². The largest absolute Gasteiger partial charge is 0.463 e. The molecule has 0 aliphatic heterocycles. The predicted molar refractivity (Wildman–Crippen MR) is 132 cm³/mol. The van der Waals surface area contributed by atoms with Crippen LogP contribution in [0.15, 0.2) is 12.2 Å². The number of allylic oxidation sites excluding steroid dienone is 2. The molecule has 0 aromatic heterocycles. The third-order valence-electron chi connectivity index (χ3n) is 5.53. The van der Waals surface area contributed by atoms with Crippen molar-refractivity contribution in [2.45, 2.75) is 129 Å².